The molecule has 0 aromatic carbocycles. The monoisotopic (exact) mass is 241 g/mol. The van der Waals surface area contributed by atoms with Gasteiger partial charge >= 0.3 is 0 Å². The second-order valence-corrected chi connectivity index (χ2v) is 6.07. The Morgan fingerprint density at radius 1 is 1.24 bits per heavy atom. The summed E-state index contributed by atoms with van der Waals surface area (Å²) < 4.78 is 0. The number of likely N-dealkylation sites (N-methyl/N-ethyl adjacent to an activating group) is 1. The zero-order valence-electron chi connectivity index (χ0n) is 12.2. The molecule has 1 aliphatic carbocycles. The largest absolute Gasteiger partial charge is 0.329 e. The van der Waals surface area contributed by atoms with Gasteiger partial charge in [0.2, 0.25) is 0 Å². The molecule has 0 bridgehead atoms. The molecule has 1 rings (SSSR count). The molecule has 3 heteroatoms. The fourth-order valence-corrected chi connectivity index (χ4v) is 3.15. The zero-order chi connectivity index (χ0) is 12.9. The van der Waals surface area contributed by atoms with E-state index in [0.29, 0.717) is 5.54 Å². The fourth-order valence-electron chi connectivity index (χ4n) is 3.15. The van der Waals surface area contributed by atoms with Gasteiger partial charge in [0.25, 0.3) is 0 Å². The normalized spacial score (nSPS) is 29.5. The van der Waals surface area contributed by atoms with E-state index in [1.807, 2.05) is 0 Å². The molecule has 1 aliphatic rings. The molecule has 2 unspecified atom stereocenters. The summed E-state index contributed by atoms with van der Waals surface area (Å²) in [5, 5.41) is 0. The molecule has 0 aromatic heterocycles. The van der Waals surface area contributed by atoms with Crippen LogP contribution in [0.15, 0.2) is 0 Å². The van der Waals surface area contributed by atoms with Crippen molar-refractivity contribution in [2.45, 2.75) is 45.1 Å². The SMILES string of the molecule is CCCN(CCN(C)C)C1(CN)CCC(C)C1. The standard InChI is InChI=1S/C14H31N3/c1-5-8-17(10-9-16(3)4)14(12-15)7-6-13(2)11-14/h13H,5-12,15H2,1-4H3. The number of hydrogen-bond donors (Lipinski definition) is 1. The van der Waals surface area contributed by atoms with E-state index in [0.717, 1.165) is 25.6 Å². The molecule has 17 heavy (non-hydrogen) atoms. The van der Waals surface area contributed by atoms with Crippen molar-refractivity contribution >= 4 is 0 Å². The van der Waals surface area contributed by atoms with Crippen LogP contribution in [0.4, 0.5) is 0 Å². The van der Waals surface area contributed by atoms with Crippen LogP contribution in [-0.2, 0) is 0 Å². The molecule has 0 aliphatic heterocycles. The van der Waals surface area contributed by atoms with Crippen LogP contribution in [0.2, 0.25) is 0 Å². The highest BCUT2D eigenvalue weighted by Crippen LogP contribution is 2.38. The number of hydrogen-bond acceptors (Lipinski definition) is 3. The summed E-state index contributed by atoms with van der Waals surface area (Å²) in [6.07, 6.45) is 5.15. The van der Waals surface area contributed by atoms with Gasteiger partial charge in [0, 0.05) is 25.2 Å². The highest BCUT2D eigenvalue weighted by atomic mass is 15.2. The summed E-state index contributed by atoms with van der Waals surface area (Å²) in [6, 6.07) is 0. The van der Waals surface area contributed by atoms with Gasteiger partial charge < -0.3 is 10.6 Å². The van der Waals surface area contributed by atoms with Crippen molar-refractivity contribution in [2.24, 2.45) is 11.7 Å². The van der Waals surface area contributed by atoms with Gasteiger partial charge in [-0.25, -0.2) is 0 Å². The van der Waals surface area contributed by atoms with Crippen LogP contribution in [0.3, 0.4) is 0 Å². The molecule has 0 amide bonds. The number of nitrogens with zero attached hydrogens (tertiary/aromatic N) is 2. The van der Waals surface area contributed by atoms with E-state index >= 15 is 0 Å². The Labute approximate surface area is 107 Å². The molecule has 0 saturated heterocycles. The Kier molecular flexibility index (Phi) is 5.90. The predicted octanol–water partition coefficient (Wildman–Crippen LogP) is 1.78. The molecule has 0 spiro atoms. The van der Waals surface area contributed by atoms with Crippen LogP contribution in [0.25, 0.3) is 0 Å². The van der Waals surface area contributed by atoms with Gasteiger partial charge in [-0.3, -0.25) is 4.90 Å². The van der Waals surface area contributed by atoms with Gasteiger partial charge in [-0.2, -0.15) is 0 Å². The quantitative estimate of drug-likeness (QED) is 0.737. The first-order valence-corrected chi connectivity index (χ1v) is 7.14. The van der Waals surface area contributed by atoms with Gasteiger partial charge in [0.15, 0.2) is 0 Å². The zero-order valence-corrected chi connectivity index (χ0v) is 12.2. The summed E-state index contributed by atoms with van der Waals surface area (Å²) in [6.45, 7) is 8.95. The second-order valence-electron chi connectivity index (χ2n) is 6.07. The molecular weight excluding hydrogens is 210 g/mol. The van der Waals surface area contributed by atoms with Crippen LogP contribution in [-0.4, -0.2) is 55.6 Å². The van der Waals surface area contributed by atoms with E-state index in [1.165, 1.54) is 32.2 Å². The van der Waals surface area contributed by atoms with Crippen molar-refractivity contribution in [3.8, 4) is 0 Å². The lowest BCUT2D eigenvalue weighted by Crippen LogP contribution is -2.54. The Balaban J connectivity index is 2.65. The summed E-state index contributed by atoms with van der Waals surface area (Å²) in [4.78, 5) is 4.93. The average Bonchev–Trinajstić information content (AvgIpc) is 2.67. The molecule has 1 saturated carbocycles. The minimum Gasteiger partial charge on any atom is -0.329 e. The third-order valence-corrected chi connectivity index (χ3v) is 4.19. The number of rotatable bonds is 7. The van der Waals surface area contributed by atoms with Crippen molar-refractivity contribution in [2.75, 3.05) is 40.3 Å². The van der Waals surface area contributed by atoms with Gasteiger partial charge in [-0.15, -0.1) is 0 Å². The predicted molar refractivity (Wildman–Crippen MR) is 75.2 cm³/mol. The minimum absolute atomic E-state index is 0.297. The first-order valence-electron chi connectivity index (χ1n) is 7.14. The lowest BCUT2D eigenvalue weighted by molar-refractivity contribution is 0.0873. The molecule has 2 atom stereocenters. The maximum absolute atomic E-state index is 6.11. The van der Waals surface area contributed by atoms with Crippen LogP contribution in [0.5, 0.6) is 0 Å². The van der Waals surface area contributed by atoms with Gasteiger partial charge in [0.05, 0.1) is 0 Å². The van der Waals surface area contributed by atoms with Gasteiger partial charge in [0.1, 0.15) is 0 Å². The van der Waals surface area contributed by atoms with Crippen molar-refractivity contribution in [1.29, 1.82) is 0 Å². The first-order chi connectivity index (χ1) is 8.04. The smallest absolute Gasteiger partial charge is 0.0334 e. The lowest BCUT2D eigenvalue weighted by atomic mass is 9.93. The molecule has 2 N–H and O–H groups in total. The van der Waals surface area contributed by atoms with Crippen molar-refractivity contribution in [1.82, 2.24) is 9.80 Å². The van der Waals surface area contributed by atoms with Crippen molar-refractivity contribution in [3.63, 3.8) is 0 Å². The van der Waals surface area contributed by atoms with Crippen molar-refractivity contribution in [3.05, 3.63) is 0 Å². The number of nitrogens with two attached hydrogens (primary N) is 1. The summed E-state index contributed by atoms with van der Waals surface area (Å²) in [7, 11) is 4.30. The van der Waals surface area contributed by atoms with E-state index in [-0.39, 0.29) is 0 Å². The van der Waals surface area contributed by atoms with Crippen molar-refractivity contribution < 1.29 is 0 Å². The van der Waals surface area contributed by atoms with Crippen LogP contribution < -0.4 is 5.73 Å². The summed E-state index contributed by atoms with van der Waals surface area (Å²) >= 11 is 0. The first kappa shape index (κ1) is 14.9. The highest BCUT2D eigenvalue weighted by molar-refractivity contribution is 4.98. The Morgan fingerprint density at radius 2 is 1.94 bits per heavy atom. The molecule has 1 fully saturated rings. The average molecular weight is 241 g/mol. The van der Waals surface area contributed by atoms with E-state index in [4.69, 9.17) is 5.73 Å². The Hall–Kier alpha value is -0.120. The molecule has 102 valence electrons. The van der Waals surface area contributed by atoms with Gasteiger partial charge in [-0.05, 0) is 52.2 Å². The molecule has 0 radical (unpaired) electrons. The topological polar surface area (TPSA) is 32.5 Å². The molecule has 0 heterocycles. The van der Waals surface area contributed by atoms with Crippen LogP contribution in [0.1, 0.15) is 39.5 Å². The van der Waals surface area contributed by atoms with Crippen LogP contribution >= 0.6 is 0 Å². The van der Waals surface area contributed by atoms with Crippen LogP contribution in [0, 0.1) is 5.92 Å². The summed E-state index contributed by atoms with van der Waals surface area (Å²) in [5.41, 5.74) is 6.41. The third-order valence-electron chi connectivity index (χ3n) is 4.19. The summed E-state index contributed by atoms with van der Waals surface area (Å²) in [5.74, 6) is 0.845. The Bertz CT molecular complexity index is 218. The molecule has 0 aromatic rings. The van der Waals surface area contributed by atoms with E-state index in [1.54, 1.807) is 0 Å². The third kappa shape index (κ3) is 3.94. The molecule has 3 nitrogen and oxygen atoms in total. The second kappa shape index (κ2) is 6.72. The fraction of sp³-hybridized carbons (Fsp3) is 1.00. The van der Waals surface area contributed by atoms with E-state index in [2.05, 4.69) is 37.7 Å². The Morgan fingerprint density at radius 3 is 2.35 bits per heavy atom. The minimum atomic E-state index is 0.297. The lowest BCUT2D eigenvalue weighted by Gasteiger charge is -2.41. The maximum Gasteiger partial charge on any atom is 0.0334 e. The van der Waals surface area contributed by atoms with E-state index in [9.17, 15) is 0 Å². The van der Waals surface area contributed by atoms with E-state index < -0.39 is 0 Å². The highest BCUT2D eigenvalue weighted by Gasteiger charge is 2.40. The molecular formula is C14H31N3. The van der Waals surface area contributed by atoms with Gasteiger partial charge in [-0.1, -0.05) is 13.8 Å². The maximum atomic E-state index is 6.11.